The quantitative estimate of drug-likeness (QED) is 0.705. The van der Waals surface area contributed by atoms with Gasteiger partial charge in [0.05, 0.1) is 0 Å². The zero-order valence-corrected chi connectivity index (χ0v) is 8.76. The van der Waals surface area contributed by atoms with Crippen molar-refractivity contribution in [1.82, 2.24) is 5.32 Å². The van der Waals surface area contributed by atoms with E-state index in [2.05, 4.69) is 12.2 Å². The molecule has 1 rings (SSSR count). The summed E-state index contributed by atoms with van der Waals surface area (Å²) in [5, 5.41) is 2.73. The fourth-order valence-electron chi connectivity index (χ4n) is 1.69. The summed E-state index contributed by atoms with van der Waals surface area (Å²) in [5.41, 5.74) is 0. The number of carbonyl (C=O) groups is 1. The van der Waals surface area contributed by atoms with Crippen LogP contribution in [0.1, 0.15) is 44.9 Å². The molecule has 14 heavy (non-hydrogen) atoms. The summed E-state index contributed by atoms with van der Waals surface area (Å²) in [6, 6.07) is 0. The van der Waals surface area contributed by atoms with E-state index in [0.717, 1.165) is 25.7 Å². The van der Waals surface area contributed by atoms with Gasteiger partial charge in [0.2, 0.25) is 0 Å². The van der Waals surface area contributed by atoms with Crippen molar-refractivity contribution in [2.24, 2.45) is 0 Å². The Morgan fingerprint density at radius 1 is 1.36 bits per heavy atom. The van der Waals surface area contributed by atoms with Crippen LogP contribution in [0.25, 0.3) is 0 Å². The number of amides is 1. The summed E-state index contributed by atoms with van der Waals surface area (Å²) < 4.78 is 5.27. The average molecular weight is 198 g/mol. The first kappa shape index (κ1) is 11.3. The standard InChI is InChI=1S/C11H20NO2/c1-2-3-9-12-11(13)14-10-7-5-4-6-8-10/h10H,1-9H2,(H,12,13). The number of nitrogens with one attached hydrogen (secondary N) is 1. The summed E-state index contributed by atoms with van der Waals surface area (Å²) in [5.74, 6) is 0. The Bertz CT molecular complexity index is 165. The molecule has 3 heteroatoms. The van der Waals surface area contributed by atoms with Crippen LogP contribution in [0, 0.1) is 6.92 Å². The highest BCUT2D eigenvalue weighted by Crippen LogP contribution is 2.20. The average Bonchev–Trinajstić information content (AvgIpc) is 2.20. The number of ether oxygens (including phenoxy) is 1. The Morgan fingerprint density at radius 2 is 2.07 bits per heavy atom. The lowest BCUT2D eigenvalue weighted by Crippen LogP contribution is -2.30. The lowest BCUT2D eigenvalue weighted by atomic mass is 9.98. The maximum absolute atomic E-state index is 11.2. The molecule has 1 radical (unpaired) electrons. The van der Waals surface area contributed by atoms with Gasteiger partial charge in [-0.3, -0.25) is 0 Å². The molecular weight excluding hydrogens is 178 g/mol. The van der Waals surface area contributed by atoms with Gasteiger partial charge in [-0.1, -0.05) is 19.8 Å². The predicted molar refractivity (Wildman–Crippen MR) is 55.9 cm³/mol. The zero-order chi connectivity index (χ0) is 10.2. The molecule has 3 nitrogen and oxygen atoms in total. The largest absolute Gasteiger partial charge is 0.446 e. The van der Waals surface area contributed by atoms with Gasteiger partial charge in [0.25, 0.3) is 0 Å². The maximum Gasteiger partial charge on any atom is 0.407 e. The molecule has 1 fully saturated rings. The molecule has 0 bridgehead atoms. The Hall–Kier alpha value is -0.730. The molecule has 0 atom stereocenters. The van der Waals surface area contributed by atoms with Gasteiger partial charge in [-0.15, -0.1) is 0 Å². The molecule has 0 heterocycles. The van der Waals surface area contributed by atoms with Crippen LogP contribution < -0.4 is 5.32 Å². The van der Waals surface area contributed by atoms with Gasteiger partial charge < -0.3 is 10.1 Å². The molecule has 0 aromatic rings. The summed E-state index contributed by atoms with van der Waals surface area (Å²) in [4.78, 5) is 11.2. The van der Waals surface area contributed by atoms with Crippen LogP contribution >= 0.6 is 0 Å². The minimum atomic E-state index is -0.259. The highest BCUT2D eigenvalue weighted by molar-refractivity contribution is 5.67. The number of carbonyl (C=O) groups excluding carboxylic acids is 1. The van der Waals surface area contributed by atoms with E-state index in [1.165, 1.54) is 19.3 Å². The monoisotopic (exact) mass is 198 g/mol. The minimum Gasteiger partial charge on any atom is -0.446 e. The van der Waals surface area contributed by atoms with Gasteiger partial charge in [-0.2, -0.15) is 0 Å². The van der Waals surface area contributed by atoms with E-state index in [1.807, 2.05) is 0 Å². The Balaban J connectivity index is 2.06. The molecule has 1 amide bonds. The molecule has 1 aliphatic rings. The summed E-state index contributed by atoms with van der Waals surface area (Å²) >= 11 is 0. The first-order valence-electron chi connectivity index (χ1n) is 5.56. The van der Waals surface area contributed by atoms with E-state index in [1.54, 1.807) is 0 Å². The van der Waals surface area contributed by atoms with Crippen molar-refractivity contribution in [3.8, 4) is 0 Å². The van der Waals surface area contributed by atoms with Crippen LogP contribution in [0.15, 0.2) is 0 Å². The summed E-state index contributed by atoms with van der Waals surface area (Å²) in [6.45, 7) is 4.38. The number of alkyl carbamates (subject to hydrolysis) is 1. The Kier molecular flexibility index (Phi) is 5.42. The summed E-state index contributed by atoms with van der Waals surface area (Å²) in [7, 11) is 0. The van der Waals surface area contributed by atoms with Crippen LogP contribution in [0.2, 0.25) is 0 Å². The normalized spacial score (nSPS) is 17.8. The van der Waals surface area contributed by atoms with Crippen molar-refractivity contribution in [1.29, 1.82) is 0 Å². The highest BCUT2D eigenvalue weighted by atomic mass is 16.6. The smallest absolute Gasteiger partial charge is 0.407 e. The molecule has 0 aliphatic heterocycles. The van der Waals surface area contributed by atoms with E-state index in [4.69, 9.17) is 4.74 Å². The minimum absolute atomic E-state index is 0.156. The van der Waals surface area contributed by atoms with Crippen LogP contribution in [0.4, 0.5) is 4.79 Å². The van der Waals surface area contributed by atoms with Crippen molar-refractivity contribution in [2.75, 3.05) is 6.54 Å². The zero-order valence-electron chi connectivity index (χ0n) is 8.76. The third kappa shape index (κ3) is 4.49. The molecule has 1 N–H and O–H groups in total. The molecular formula is C11H20NO2. The lowest BCUT2D eigenvalue weighted by Gasteiger charge is -2.21. The second-order valence-electron chi connectivity index (χ2n) is 3.80. The van der Waals surface area contributed by atoms with Crippen LogP contribution in [0.5, 0.6) is 0 Å². The van der Waals surface area contributed by atoms with Crippen molar-refractivity contribution < 1.29 is 9.53 Å². The van der Waals surface area contributed by atoms with Crippen LogP contribution in [-0.4, -0.2) is 18.7 Å². The lowest BCUT2D eigenvalue weighted by molar-refractivity contribution is 0.0754. The SMILES string of the molecule is [CH2]CCCNC(=O)OC1CCCCC1. The molecule has 0 aromatic carbocycles. The van der Waals surface area contributed by atoms with Gasteiger partial charge in [-0.05, 0) is 32.1 Å². The van der Waals surface area contributed by atoms with E-state index in [0.29, 0.717) is 6.54 Å². The third-order valence-electron chi connectivity index (χ3n) is 2.52. The molecule has 1 saturated carbocycles. The van der Waals surface area contributed by atoms with E-state index >= 15 is 0 Å². The first-order chi connectivity index (χ1) is 6.83. The second kappa shape index (κ2) is 6.68. The van der Waals surface area contributed by atoms with E-state index < -0.39 is 0 Å². The molecule has 0 spiro atoms. The Labute approximate surface area is 86.2 Å². The van der Waals surface area contributed by atoms with Crippen LogP contribution in [0.3, 0.4) is 0 Å². The van der Waals surface area contributed by atoms with Gasteiger partial charge in [-0.25, -0.2) is 4.79 Å². The number of hydrogen-bond acceptors (Lipinski definition) is 2. The fourth-order valence-corrected chi connectivity index (χ4v) is 1.69. The second-order valence-corrected chi connectivity index (χ2v) is 3.80. The van der Waals surface area contributed by atoms with Gasteiger partial charge in [0.15, 0.2) is 0 Å². The van der Waals surface area contributed by atoms with E-state index in [9.17, 15) is 4.79 Å². The van der Waals surface area contributed by atoms with Crippen molar-refractivity contribution in [3.63, 3.8) is 0 Å². The summed E-state index contributed by atoms with van der Waals surface area (Å²) in [6.07, 6.45) is 7.39. The molecule has 0 unspecified atom stereocenters. The third-order valence-corrected chi connectivity index (χ3v) is 2.52. The molecule has 0 aromatic heterocycles. The highest BCUT2D eigenvalue weighted by Gasteiger charge is 2.16. The number of unbranched alkanes of at least 4 members (excludes halogenated alkanes) is 1. The van der Waals surface area contributed by atoms with E-state index in [-0.39, 0.29) is 12.2 Å². The molecule has 1 aliphatic carbocycles. The Morgan fingerprint density at radius 3 is 2.71 bits per heavy atom. The van der Waals surface area contributed by atoms with Gasteiger partial charge in [0.1, 0.15) is 6.10 Å². The van der Waals surface area contributed by atoms with Crippen molar-refractivity contribution in [2.45, 2.75) is 51.0 Å². The number of rotatable bonds is 4. The van der Waals surface area contributed by atoms with Gasteiger partial charge >= 0.3 is 6.09 Å². The van der Waals surface area contributed by atoms with Gasteiger partial charge in [0, 0.05) is 6.54 Å². The fraction of sp³-hybridized carbons (Fsp3) is 0.818. The van der Waals surface area contributed by atoms with Crippen molar-refractivity contribution in [3.05, 3.63) is 6.92 Å². The first-order valence-corrected chi connectivity index (χ1v) is 5.56. The number of hydrogen-bond donors (Lipinski definition) is 1. The molecule has 0 saturated heterocycles. The van der Waals surface area contributed by atoms with Crippen molar-refractivity contribution >= 4 is 6.09 Å². The maximum atomic E-state index is 11.2. The van der Waals surface area contributed by atoms with Crippen LogP contribution in [-0.2, 0) is 4.74 Å². The predicted octanol–water partition coefficient (Wildman–Crippen LogP) is 2.66. The topological polar surface area (TPSA) is 38.3 Å². The molecule has 81 valence electrons.